The quantitative estimate of drug-likeness (QED) is 0.177. The predicted molar refractivity (Wildman–Crippen MR) is 227 cm³/mol. The minimum atomic E-state index is 0.940. The summed E-state index contributed by atoms with van der Waals surface area (Å²) in [6.45, 7) is 0. The van der Waals surface area contributed by atoms with Crippen LogP contribution in [0.4, 0.5) is 0 Å². The van der Waals surface area contributed by atoms with Crippen molar-refractivity contribution in [3.05, 3.63) is 200 Å². The molecule has 3 heteroatoms. The van der Waals surface area contributed by atoms with Gasteiger partial charge in [-0.25, -0.2) is 4.98 Å². The molecule has 0 N–H and O–H groups in total. The van der Waals surface area contributed by atoms with Crippen molar-refractivity contribution < 1.29 is 0 Å². The Morgan fingerprint density at radius 3 is 1.56 bits per heavy atom. The summed E-state index contributed by atoms with van der Waals surface area (Å²) < 4.78 is 4.82. The second kappa shape index (κ2) is 12.2. The number of benzene rings is 8. The van der Waals surface area contributed by atoms with Crippen LogP contribution in [0.1, 0.15) is 0 Å². The molecule has 0 unspecified atom stereocenters. The Kier molecular flexibility index (Phi) is 6.86. The lowest BCUT2D eigenvalue weighted by molar-refractivity contribution is 1.17. The number of para-hydroxylation sites is 3. The van der Waals surface area contributed by atoms with Crippen molar-refractivity contribution in [2.24, 2.45) is 0 Å². The summed E-state index contributed by atoms with van der Waals surface area (Å²) in [5, 5.41) is 7.43. The van der Waals surface area contributed by atoms with Crippen molar-refractivity contribution in [2.45, 2.75) is 0 Å². The zero-order valence-electron chi connectivity index (χ0n) is 29.4. The topological polar surface area (TPSA) is 22.8 Å². The predicted octanol–water partition coefficient (Wildman–Crippen LogP) is 13.4. The smallest absolute Gasteiger partial charge is 0.0721 e. The maximum Gasteiger partial charge on any atom is 0.0721 e. The summed E-state index contributed by atoms with van der Waals surface area (Å²) in [7, 11) is 0. The van der Waals surface area contributed by atoms with Crippen molar-refractivity contribution in [3.8, 4) is 45.0 Å². The molecule has 0 aliphatic carbocycles. The zero-order valence-corrected chi connectivity index (χ0v) is 29.4. The standard InChI is InChI=1S/C51H33N3/c1-3-15-34(16-4-1)37-32-44(52-45(33-37)41-26-14-18-35-17-7-8-23-40(35)41)36-19-13-22-39(31-36)54-47-28-12-10-25-43(47)51-49(54)30-29-48-50(51)42-24-9-11-27-46(42)53(48)38-20-5-2-6-21-38/h1-33H. The summed E-state index contributed by atoms with van der Waals surface area (Å²) >= 11 is 0. The fraction of sp³-hybridized carbons (Fsp3) is 0. The molecule has 0 saturated heterocycles. The highest BCUT2D eigenvalue weighted by Crippen LogP contribution is 2.43. The minimum absolute atomic E-state index is 0.940. The highest BCUT2D eigenvalue weighted by molar-refractivity contribution is 6.28. The number of hydrogen-bond donors (Lipinski definition) is 0. The van der Waals surface area contributed by atoms with E-state index in [1.807, 2.05) is 0 Å². The van der Waals surface area contributed by atoms with Crippen LogP contribution in [0.5, 0.6) is 0 Å². The number of aromatic nitrogens is 3. The molecule has 3 heterocycles. The summed E-state index contributed by atoms with van der Waals surface area (Å²) in [5.41, 5.74) is 13.4. The van der Waals surface area contributed by atoms with Gasteiger partial charge in [0.2, 0.25) is 0 Å². The molecule has 8 aromatic carbocycles. The summed E-state index contributed by atoms with van der Waals surface area (Å²) in [4.78, 5) is 5.39. The SMILES string of the molecule is c1ccc(-c2cc(-c3cccc(-n4c5ccccc5c5c6c7ccccc7n(-c7ccccc7)c6ccc54)c3)nc(-c3cccc4ccccc34)c2)cc1. The Bertz CT molecular complexity index is 3200. The highest BCUT2D eigenvalue weighted by Gasteiger charge is 2.21. The number of hydrogen-bond acceptors (Lipinski definition) is 1. The maximum atomic E-state index is 5.39. The molecule has 54 heavy (non-hydrogen) atoms. The van der Waals surface area contributed by atoms with Gasteiger partial charge in [0.15, 0.2) is 0 Å². The summed E-state index contributed by atoms with van der Waals surface area (Å²) in [6.07, 6.45) is 0. The fourth-order valence-electron chi connectivity index (χ4n) is 8.52. The van der Waals surface area contributed by atoms with Crippen molar-refractivity contribution in [2.75, 3.05) is 0 Å². The van der Waals surface area contributed by atoms with Crippen LogP contribution in [-0.4, -0.2) is 14.1 Å². The van der Waals surface area contributed by atoms with Crippen LogP contribution in [0, 0.1) is 0 Å². The van der Waals surface area contributed by atoms with Gasteiger partial charge in [-0.05, 0) is 82.6 Å². The van der Waals surface area contributed by atoms with E-state index in [1.54, 1.807) is 0 Å². The van der Waals surface area contributed by atoms with Gasteiger partial charge in [0, 0.05) is 44.0 Å². The van der Waals surface area contributed by atoms with Crippen LogP contribution in [0.3, 0.4) is 0 Å². The third-order valence-corrected chi connectivity index (χ3v) is 10.9. The fourth-order valence-corrected chi connectivity index (χ4v) is 8.52. The van der Waals surface area contributed by atoms with Gasteiger partial charge in [-0.15, -0.1) is 0 Å². The lowest BCUT2D eigenvalue weighted by Crippen LogP contribution is -1.96. The van der Waals surface area contributed by atoms with E-state index in [0.717, 1.165) is 39.5 Å². The molecule has 0 atom stereocenters. The van der Waals surface area contributed by atoms with Crippen molar-refractivity contribution in [1.82, 2.24) is 14.1 Å². The summed E-state index contributed by atoms with van der Waals surface area (Å²) in [6, 6.07) is 71.9. The normalized spacial score (nSPS) is 11.7. The summed E-state index contributed by atoms with van der Waals surface area (Å²) in [5.74, 6) is 0. The van der Waals surface area contributed by atoms with E-state index >= 15 is 0 Å². The van der Waals surface area contributed by atoms with Gasteiger partial charge in [0.05, 0.1) is 33.5 Å². The lowest BCUT2D eigenvalue weighted by atomic mass is 9.97. The number of pyridine rings is 1. The average molecular weight is 688 g/mol. The molecule has 252 valence electrons. The molecular weight excluding hydrogens is 655 g/mol. The molecule has 3 aromatic heterocycles. The van der Waals surface area contributed by atoms with E-state index in [4.69, 9.17) is 4.98 Å². The first-order valence-corrected chi connectivity index (χ1v) is 18.5. The second-order valence-corrected chi connectivity index (χ2v) is 14.0. The van der Waals surface area contributed by atoms with Crippen LogP contribution >= 0.6 is 0 Å². The number of rotatable bonds is 5. The van der Waals surface area contributed by atoms with Gasteiger partial charge in [-0.3, -0.25) is 0 Å². The first-order chi connectivity index (χ1) is 26.8. The minimum Gasteiger partial charge on any atom is -0.309 e. The van der Waals surface area contributed by atoms with E-state index in [1.165, 1.54) is 59.9 Å². The van der Waals surface area contributed by atoms with Gasteiger partial charge >= 0.3 is 0 Å². The molecular formula is C51H33N3. The first kappa shape index (κ1) is 30.4. The van der Waals surface area contributed by atoms with E-state index < -0.39 is 0 Å². The van der Waals surface area contributed by atoms with Crippen LogP contribution in [-0.2, 0) is 0 Å². The monoisotopic (exact) mass is 687 g/mol. The Balaban J connectivity index is 1.15. The molecule has 0 aliphatic rings. The van der Waals surface area contributed by atoms with Gasteiger partial charge in [-0.1, -0.05) is 140 Å². The highest BCUT2D eigenvalue weighted by atomic mass is 15.0. The molecule has 0 amide bonds. The zero-order chi connectivity index (χ0) is 35.6. The third-order valence-electron chi connectivity index (χ3n) is 10.9. The Hall–Kier alpha value is -7.23. The number of fused-ring (bicyclic) bond motifs is 8. The van der Waals surface area contributed by atoms with Gasteiger partial charge in [0.1, 0.15) is 0 Å². The molecule has 3 nitrogen and oxygen atoms in total. The largest absolute Gasteiger partial charge is 0.309 e. The van der Waals surface area contributed by atoms with Crippen LogP contribution < -0.4 is 0 Å². The average Bonchev–Trinajstić information content (AvgIpc) is 3.77. The van der Waals surface area contributed by atoms with Gasteiger partial charge in [0.25, 0.3) is 0 Å². The second-order valence-electron chi connectivity index (χ2n) is 14.0. The maximum absolute atomic E-state index is 5.39. The van der Waals surface area contributed by atoms with Crippen LogP contribution in [0.25, 0.3) is 99.4 Å². The van der Waals surface area contributed by atoms with Crippen molar-refractivity contribution in [3.63, 3.8) is 0 Å². The molecule has 0 radical (unpaired) electrons. The van der Waals surface area contributed by atoms with E-state index in [0.29, 0.717) is 0 Å². The first-order valence-electron chi connectivity index (χ1n) is 18.5. The molecule has 0 bridgehead atoms. The molecule has 0 aliphatic heterocycles. The molecule has 11 aromatic rings. The van der Waals surface area contributed by atoms with Crippen LogP contribution in [0.2, 0.25) is 0 Å². The van der Waals surface area contributed by atoms with E-state index in [2.05, 4.69) is 209 Å². The van der Waals surface area contributed by atoms with E-state index in [-0.39, 0.29) is 0 Å². The number of nitrogens with zero attached hydrogens (tertiary/aromatic N) is 3. The molecule has 0 fully saturated rings. The van der Waals surface area contributed by atoms with Gasteiger partial charge < -0.3 is 9.13 Å². The van der Waals surface area contributed by atoms with E-state index in [9.17, 15) is 0 Å². The van der Waals surface area contributed by atoms with Crippen molar-refractivity contribution >= 4 is 54.4 Å². The molecule has 11 rings (SSSR count). The lowest BCUT2D eigenvalue weighted by Gasteiger charge is -2.14. The van der Waals surface area contributed by atoms with Crippen LogP contribution in [0.15, 0.2) is 200 Å². The third kappa shape index (κ3) is 4.72. The Morgan fingerprint density at radius 2 is 0.833 bits per heavy atom. The van der Waals surface area contributed by atoms with Crippen molar-refractivity contribution in [1.29, 1.82) is 0 Å². The Labute approximate surface area is 312 Å². The Morgan fingerprint density at radius 1 is 0.315 bits per heavy atom. The van der Waals surface area contributed by atoms with Gasteiger partial charge in [-0.2, -0.15) is 0 Å². The molecule has 0 saturated carbocycles. The molecule has 0 spiro atoms.